The summed E-state index contributed by atoms with van der Waals surface area (Å²) in [6.07, 6.45) is 0.829. The summed E-state index contributed by atoms with van der Waals surface area (Å²) in [5, 5.41) is 0. The van der Waals surface area contributed by atoms with Crippen molar-refractivity contribution in [2.24, 2.45) is 0 Å². The predicted molar refractivity (Wildman–Crippen MR) is 75.6 cm³/mol. The number of ketones is 1. The normalized spacial score (nSPS) is 16.3. The quantitative estimate of drug-likeness (QED) is 0.777. The van der Waals surface area contributed by atoms with E-state index >= 15 is 0 Å². The van der Waals surface area contributed by atoms with Crippen LogP contribution in [0.1, 0.15) is 29.3 Å². The average molecular weight is 278 g/mol. The molecule has 1 fully saturated rings. The predicted octanol–water partition coefficient (Wildman–Crippen LogP) is 2.01. The Kier molecular flexibility index (Phi) is 4.06. The number of carbonyl (C=O) groups excluding carboxylic acids is 2. The molecule has 1 aromatic rings. The molecule has 20 heavy (non-hydrogen) atoms. The molecule has 1 saturated heterocycles. The topological polar surface area (TPSA) is 40.6 Å². The van der Waals surface area contributed by atoms with E-state index in [-0.39, 0.29) is 18.2 Å². The number of hydrogen-bond acceptors (Lipinski definition) is 3. The molecule has 0 aromatic heterocycles. The Morgan fingerprint density at radius 1 is 1.30 bits per heavy atom. The summed E-state index contributed by atoms with van der Waals surface area (Å²) < 4.78 is 13.7. The van der Waals surface area contributed by atoms with Crippen molar-refractivity contribution < 1.29 is 14.0 Å². The van der Waals surface area contributed by atoms with Gasteiger partial charge < -0.3 is 9.80 Å². The minimum atomic E-state index is -0.391. The van der Waals surface area contributed by atoms with Gasteiger partial charge in [0.2, 0.25) is 5.91 Å². The minimum absolute atomic E-state index is 0.0129. The number of aryl methyl sites for hydroxylation is 1. The first-order chi connectivity index (χ1) is 9.40. The van der Waals surface area contributed by atoms with E-state index in [1.807, 2.05) is 4.90 Å². The smallest absolute Gasteiger partial charge is 0.241 e. The summed E-state index contributed by atoms with van der Waals surface area (Å²) in [7, 11) is 1.77. The minimum Gasteiger partial charge on any atom is -0.362 e. The van der Waals surface area contributed by atoms with E-state index in [1.165, 1.54) is 13.0 Å². The molecular formula is C15H19FN2O2. The molecule has 0 radical (unpaired) electrons. The van der Waals surface area contributed by atoms with Crippen LogP contribution in [0.5, 0.6) is 0 Å². The van der Waals surface area contributed by atoms with Crippen LogP contribution in [0.25, 0.3) is 0 Å². The molecule has 0 aliphatic carbocycles. The van der Waals surface area contributed by atoms with Gasteiger partial charge in [0.25, 0.3) is 0 Å². The Morgan fingerprint density at radius 2 is 2.00 bits per heavy atom. The molecule has 1 heterocycles. The highest BCUT2D eigenvalue weighted by molar-refractivity contribution is 6.00. The zero-order valence-electron chi connectivity index (χ0n) is 12.1. The summed E-state index contributed by atoms with van der Waals surface area (Å²) in [5.74, 6) is -0.569. The van der Waals surface area contributed by atoms with Gasteiger partial charge in [0.15, 0.2) is 5.78 Å². The largest absolute Gasteiger partial charge is 0.362 e. The van der Waals surface area contributed by atoms with Crippen LogP contribution in [0, 0.1) is 12.7 Å². The van der Waals surface area contributed by atoms with E-state index in [4.69, 9.17) is 0 Å². The first-order valence-corrected chi connectivity index (χ1v) is 6.70. The maximum absolute atomic E-state index is 13.7. The number of Topliss-reactive ketones (excluding diaryl/α,β-unsaturated/α-hetero) is 1. The van der Waals surface area contributed by atoms with Crippen molar-refractivity contribution in [3.8, 4) is 0 Å². The third-order valence-corrected chi connectivity index (χ3v) is 3.67. The van der Waals surface area contributed by atoms with Gasteiger partial charge >= 0.3 is 0 Å². The Hall–Kier alpha value is -1.91. The fourth-order valence-corrected chi connectivity index (χ4v) is 2.40. The monoisotopic (exact) mass is 278 g/mol. The standard InChI is InChI=1S/C15H19FN2O2/c1-10-7-14(12(11(2)19)8-13(10)16)18-6-4-5-17(3)15(20)9-18/h7-8H,4-6,9H2,1-3H3. The zero-order chi connectivity index (χ0) is 14.9. The second-order valence-corrected chi connectivity index (χ2v) is 5.27. The molecule has 0 spiro atoms. The number of nitrogens with zero attached hydrogens (tertiary/aromatic N) is 2. The number of halogens is 1. The highest BCUT2D eigenvalue weighted by atomic mass is 19.1. The Balaban J connectivity index is 2.43. The molecule has 2 rings (SSSR count). The molecule has 1 aliphatic rings. The summed E-state index contributed by atoms with van der Waals surface area (Å²) in [6.45, 7) is 4.68. The van der Waals surface area contributed by atoms with Crippen molar-refractivity contribution in [2.45, 2.75) is 20.3 Å². The highest BCUT2D eigenvalue weighted by Crippen LogP contribution is 2.26. The van der Waals surface area contributed by atoms with Crippen LogP contribution in [0.3, 0.4) is 0 Å². The second kappa shape index (κ2) is 5.61. The average Bonchev–Trinajstić information content (AvgIpc) is 2.54. The molecule has 0 saturated carbocycles. The molecule has 1 aromatic carbocycles. The van der Waals surface area contributed by atoms with Gasteiger partial charge in [0.1, 0.15) is 5.82 Å². The Morgan fingerprint density at radius 3 is 2.65 bits per heavy atom. The number of rotatable bonds is 2. The third kappa shape index (κ3) is 2.81. The summed E-state index contributed by atoms with van der Waals surface area (Å²) in [5.41, 5.74) is 1.47. The molecule has 0 unspecified atom stereocenters. The lowest BCUT2D eigenvalue weighted by atomic mass is 10.0. The second-order valence-electron chi connectivity index (χ2n) is 5.27. The van der Waals surface area contributed by atoms with Gasteiger partial charge in [0.05, 0.1) is 6.54 Å². The van der Waals surface area contributed by atoms with E-state index in [9.17, 15) is 14.0 Å². The van der Waals surface area contributed by atoms with Crippen molar-refractivity contribution in [1.82, 2.24) is 4.90 Å². The van der Waals surface area contributed by atoms with Gasteiger partial charge in [0, 0.05) is 31.4 Å². The van der Waals surface area contributed by atoms with E-state index in [0.717, 1.165) is 6.42 Å². The van der Waals surface area contributed by atoms with Gasteiger partial charge in [-0.25, -0.2) is 4.39 Å². The number of carbonyl (C=O) groups is 2. The number of likely N-dealkylation sites (N-methyl/N-ethyl adjacent to an activating group) is 1. The van der Waals surface area contributed by atoms with Gasteiger partial charge in [-0.15, -0.1) is 0 Å². The number of amides is 1. The Bertz CT molecular complexity index is 557. The van der Waals surface area contributed by atoms with E-state index < -0.39 is 5.82 Å². The molecule has 108 valence electrons. The molecule has 4 nitrogen and oxygen atoms in total. The van der Waals surface area contributed by atoms with Crippen molar-refractivity contribution >= 4 is 17.4 Å². The lowest BCUT2D eigenvalue weighted by Crippen LogP contribution is -2.35. The van der Waals surface area contributed by atoms with Crippen LogP contribution >= 0.6 is 0 Å². The van der Waals surface area contributed by atoms with Crippen molar-refractivity contribution in [3.63, 3.8) is 0 Å². The first-order valence-electron chi connectivity index (χ1n) is 6.70. The van der Waals surface area contributed by atoms with Gasteiger partial charge in [-0.05, 0) is 38.0 Å². The summed E-state index contributed by atoms with van der Waals surface area (Å²) >= 11 is 0. The maximum Gasteiger partial charge on any atom is 0.241 e. The number of anilines is 1. The molecule has 0 bridgehead atoms. The van der Waals surface area contributed by atoms with Gasteiger partial charge in [-0.1, -0.05) is 0 Å². The van der Waals surface area contributed by atoms with Crippen LogP contribution in [-0.4, -0.2) is 43.3 Å². The molecule has 0 N–H and O–H groups in total. The fourth-order valence-electron chi connectivity index (χ4n) is 2.40. The summed E-state index contributed by atoms with van der Waals surface area (Å²) in [6, 6.07) is 2.93. The van der Waals surface area contributed by atoms with E-state index in [2.05, 4.69) is 0 Å². The molecule has 1 aliphatic heterocycles. The van der Waals surface area contributed by atoms with Crippen LogP contribution in [0.2, 0.25) is 0 Å². The van der Waals surface area contributed by atoms with Crippen LogP contribution in [0.4, 0.5) is 10.1 Å². The first kappa shape index (κ1) is 14.5. The lowest BCUT2D eigenvalue weighted by molar-refractivity contribution is -0.127. The van der Waals surface area contributed by atoms with Crippen molar-refractivity contribution in [2.75, 3.05) is 31.6 Å². The van der Waals surface area contributed by atoms with Crippen LogP contribution < -0.4 is 4.90 Å². The van der Waals surface area contributed by atoms with Gasteiger partial charge in [-0.3, -0.25) is 9.59 Å². The van der Waals surface area contributed by atoms with Crippen LogP contribution in [-0.2, 0) is 4.79 Å². The zero-order valence-corrected chi connectivity index (χ0v) is 12.1. The lowest BCUT2D eigenvalue weighted by Gasteiger charge is -2.24. The fraction of sp³-hybridized carbons (Fsp3) is 0.467. The number of hydrogen-bond donors (Lipinski definition) is 0. The van der Waals surface area contributed by atoms with Crippen molar-refractivity contribution in [3.05, 3.63) is 29.1 Å². The summed E-state index contributed by atoms with van der Waals surface area (Å²) in [4.78, 5) is 27.2. The SMILES string of the molecule is CC(=O)c1cc(F)c(C)cc1N1CCCN(C)C(=O)C1. The van der Waals surface area contributed by atoms with E-state index in [0.29, 0.717) is 29.9 Å². The highest BCUT2D eigenvalue weighted by Gasteiger charge is 2.23. The number of benzene rings is 1. The van der Waals surface area contributed by atoms with Crippen LogP contribution in [0.15, 0.2) is 12.1 Å². The third-order valence-electron chi connectivity index (χ3n) is 3.67. The van der Waals surface area contributed by atoms with Crippen molar-refractivity contribution in [1.29, 1.82) is 0 Å². The Labute approximate surface area is 118 Å². The van der Waals surface area contributed by atoms with E-state index in [1.54, 1.807) is 24.9 Å². The maximum atomic E-state index is 13.7. The molecule has 5 heteroatoms. The molecule has 0 atom stereocenters. The molecular weight excluding hydrogens is 259 g/mol. The molecule has 1 amide bonds. The van der Waals surface area contributed by atoms with Gasteiger partial charge in [-0.2, -0.15) is 0 Å².